The number of carbonyl (C=O) groups excluding carboxylic acids is 1. The number of fused-ring (bicyclic) bond motifs is 1. The number of hydrogen-bond acceptors (Lipinski definition) is 5. The van der Waals surface area contributed by atoms with Crippen molar-refractivity contribution in [3.63, 3.8) is 0 Å². The zero-order valence-electron chi connectivity index (χ0n) is 17.4. The molecule has 1 heterocycles. The second kappa shape index (κ2) is 9.96. The Morgan fingerprint density at radius 1 is 1.06 bits per heavy atom. The fraction of sp³-hybridized carbons (Fsp3) is 0.435. The Balaban J connectivity index is 1.43. The van der Waals surface area contributed by atoms with Gasteiger partial charge in [-0.3, -0.25) is 9.10 Å². The predicted molar refractivity (Wildman–Crippen MR) is 125 cm³/mol. The lowest BCUT2D eigenvalue weighted by atomic mass is 10.2. The number of amides is 1. The van der Waals surface area contributed by atoms with Crippen molar-refractivity contribution in [1.29, 1.82) is 0 Å². The molecule has 0 bridgehead atoms. The molecule has 2 aromatic rings. The highest BCUT2D eigenvalue weighted by molar-refractivity contribution is 7.99. The highest BCUT2D eigenvalue weighted by Gasteiger charge is 2.36. The number of para-hydroxylation sites is 2. The summed E-state index contributed by atoms with van der Waals surface area (Å²) in [4.78, 5) is 12.8. The van der Waals surface area contributed by atoms with Crippen molar-refractivity contribution in [2.45, 2.75) is 42.8 Å². The van der Waals surface area contributed by atoms with Gasteiger partial charge in [-0.25, -0.2) is 8.42 Å². The van der Waals surface area contributed by atoms with Crippen molar-refractivity contribution in [3.05, 3.63) is 60.2 Å². The SMILES string of the molecule is O=C(NCCSC1CCCC1)[C@H]1CN(S(=O)(=O)Cc2ccccc2)c2ccccc2O1. The van der Waals surface area contributed by atoms with Crippen LogP contribution in [0.1, 0.15) is 31.2 Å². The van der Waals surface area contributed by atoms with Crippen molar-refractivity contribution in [3.8, 4) is 5.75 Å². The van der Waals surface area contributed by atoms with Crippen LogP contribution in [0.4, 0.5) is 5.69 Å². The van der Waals surface area contributed by atoms with E-state index >= 15 is 0 Å². The zero-order valence-corrected chi connectivity index (χ0v) is 19.0. The van der Waals surface area contributed by atoms with Gasteiger partial charge in [-0.2, -0.15) is 11.8 Å². The third-order valence-corrected chi connectivity index (χ3v) is 8.71. The summed E-state index contributed by atoms with van der Waals surface area (Å²) in [6, 6.07) is 16.0. The first-order valence-corrected chi connectivity index (χ1v) is 13.4. The van der Waals surface area contributed by atoms with Crippen LogP contribution < -0.4 is 14.4 Å². The molecule has 1 amide bonds. The van der Waals surface area contributed by atoms with Crippen LogP contribution in [0.2, 0.25) is 0 Å². The summed E-state index contributed by atoms with van der Waals surface area (Å²) in [5.41, 5.74) is 1.18. The van der Waals surface area contributed by atoms with Crippen LogP contribution in [0, 0.1) is 0 Å². The molecule has 6 nitrogen and oxygen atoms in total. The number of anilines is 1. The molecular formula is C23H28N2O4S2. The van der Waals surface area contributed by atoms with E-state index in [2.05, 4.69) is 5.32 Å². The smallest absolute Gasteiger partial charge is 0.263 e. The molecule has 166 valence electrons. The van der Waals surface area contributed by atoms with E-state index in [4.69, 9.17) is 4.74 Å². The molecule has 31 heavy (non-hydrogen) atoms. The van der Waals surface area contributed by atoms with Gasteiger partial charge in [-0.05, 0) is 30.5 Å². The summed E-state index contributed by atoms with van der Waals surface area (Å²) in [5, 5.41) is 3.62. The second-order valence-electron chi connectivity index (χ2n) is 7.92. The normalized spacial score (nSPS) is 19.0. The number of carbonyl (C=O) groups is 1. The van der Waals surface area contributed by atoms with Gasteiger partial charge >= 0.3 is 0 Å². The Bertz CT molecular complexity index is 992. The van der Waals surface area contributed by atoms with Crippen molar-refractivity contribution >= 4 is 33.4 Å². The maximum absolute atomic E-state index is 13.2. The molecule has 0 radical (unpaired) electrons. The average molecular weight is 461 g/mol. The van der Waals surface area contributed by atoms with Gasteiger partial charge in [0, 0.05) is 17.5 Å². The van der Waals surface area contributed by atoms with E-state index < -0.39 is 16.1 Å². The summed E-state index contributed by atoms with van der Waals surface area (Å²) in [6.07, 6.45) is 4.24. The lowest BCUT2D eigenvalue weighted by Crippen LogP contribution is -2.51. The number of ether oxygens (including phenoxy) is 1. The molecule has 2 aliphatic rings. The molecule has 0 spiro atoms. The Labute approximate surface area is 188 Å². The molecular weight excluding hydrogens is 432 g/mol. The number of rotatable bonds is 8. The Morgan fingerprint density at radius 3 is 2.55 bits per heavy atom. The van der Waals surface area contributed by atoms with Gasteiger partial charge in [0.25, 0.3) is 5.91 Å². The quantitative estimate of drug-likeness (QED) is 0.610. The highest BCUT2D eigenvalue weighted by atomic mass is 32.2. The van der Waals surface area contributed by atoms with Crippen molar-refractivity contribution in [2.75, 3.05) is 23.1 Å². The molecule has 1 atom stereocenters. The maximum Gasteiger partial charge on any atom is 0.263 e. The van der Waals surface area contributed by atoms with Gasteiger partial charge in [-0.1, -0.05) is 55.3 Å². The molecule has 0 saturated heterocycles. The van der Waals surface area contributed by atoms with Gasteiger partial charge in [0.05, 0.1) is 18.0 Å². The first-order valence-electron chi connectivity index (χ1n) is 10.7. The number of thioether (sulfide) groups is 1. The van der Waals surface area contributed by atoms with Gasteiger partial charge < -0.3 is 10.1 Å². The number of nitrogens with zero attached hydrogens (tertiary/aromatic N) is 1. The van der Waals surface area contributed by atoms with Crippen LogP contribution in [0.25, 0.3) is 0 Å². The molecule has 0 aromatic heterocycles. The van der Waals surface area contributed by atoms with E-state index in [1.807, 2.05) is 30.0 Å². The fourth-order valence-corrected chi connectivity index (χ4v) is 6.84. The largest absolute Gasteiger partial charge is 0.476 e. The standard InChI is InChI=1S/C23H28N2O4S2/c26-23(24-14-15-30-19-10-4-5-11-19)22-16-25(20-12-6-7-13-21(20)29-22)31(27,28)17-18-8-2-1-3-9-18/h1-3,6-9,12-13,19,22H,4-5,10-11,14-17H2,(H,24,26)/t22-/m1/s1. The number of benzene rings is 2. The minimum absolute atomic E-state index is 0.0339. The summed E-state index contributed by atoms with van der Waals surface area (Å²) < 4.78 is 33.6. The van der Waals surface area contributed by atoms with Gasteiger partial charge in [0.15, 0.2) is 6.10 Å². The molecule has 1 aliphatic carbocycles. The van der Waals surface area contributed by atoms with Crippen LogP contribution >= 0.6 is 11.8 Å². The second-order valence-corrected chi connectivity index (χ2v) is 11.2. The lowest BCUT2D eigenvalue weighted by molar-refractivity contribution is -0.127. The summed E-state index contributed by atoms with van der Waals surface area (Å²) >= 11 is 1.91. The molecule has 8 heteroatoms. The lowest BCUT2D eigenvalue weighted by Gasteiger charge is -2.34. The van der Waals surface area contributed by atoms with Gasteiger partial charge in [0.1, 0.15) is 5.75 Å². The van der Waals surface area contributed by atoms with E-state index in [-0.39, 0.29) is 18.2 Å². The molecule has 1 N–H and O–H groups in total. The van der Waals surface area contributed by atoms with Crippen molar-refractivity contribution < 1.29 is 17.9 Å². The van der Waals surface area contributed by atoms with E-state index in [1.165, 1.54) is 30.0 Å². The van der Waals surface area contributed by atoms with Crippen LogP contribution in [0.3, 0.4) is 0 Å². The molecule has 1 saturated carbocycles. The summed E-state index contributed by atoms with van der Waals surface area (Å²) in [7, 11) is -3.68. The Morgan fingerprint density at radius 2 is 1.77 bits per heavy atom. The van der Waals surface area contributed by atoms with Crippen LogP contribution in [0.15, 0.2) is 54.6 Å². The van der Waals surface area contributed by atoms with Crippen LogP contribution in [0.5, 0.6) is 5.75 Å². The van der Waals surface area contributed by atoms with E-state index in [0.717, 1.165) is 5.75 Å². The van der Waals surface area contributed by atoms with E-state index in [0.29, 0.717) is 28.8 Å². The molecule has 2 aromatic carbocycles. The third-order valence-electron chi connectivity index (χ3n) is 5.61. The van der Waals surface area contributed by atoms with Crippen LogP contribution in [-0.2, 0) is 20.6 Å². The van der Waals surface area contributed by atoms with E-state index in [9.17, 15) is 13.2 Å². The molecule has 4 rings (SSSR count). The molecule has 1 fully saturated rings. The summed E-state index contributed by atoms with van der Waals surface area (Å²) in [5.74, 6) is 0.858. The molecule has 0 unspecified atom stereocenters. The van der Waals surface area contributed by atoms with Gasteiger partial charge in [0.2, 0.25) is 10.0 Å². The minimum Gasteiger partial charge on any atom is -0.476 e. The maximum atomic E-state index is 13.2. The zero-order chi connectivity index (χ0) is 21.7. The fourth-order valence-electron chi connectivity index (χ4n) is 4.03. The van der Waals surface area contributed by atoms with E-state index in [1.54, 1.807) is 36.4 Å². The summed E-state index contributed by atoms with van der Waals surface area (Å²) in [6.45, 7) is 0.520. The minimum atomic E-state index is -3.68. The van der Waals surface area contributed by atoms with Crippen molar-refractivity contribution in [2.24, 2.45) is 0 Å². The molecule has 1 aliphatic heterocycles. The number of nitrogens with one attached hydrogen (secondary N) is 1. The first-order chi connectivity index (χ1) is 15.0. The monoisotopic (exact) mass is 460 g/mol. The number of sulfonamides is 1. The number of hydrogen-bond donors (Lipinski definition) is 1. The first kappa shape index (κ1) is 22.0. The van der Waals surface area contributed by atoms with Crippen molar-refractivity contribution in [1.82, 2.24) is 5.32 Å². The third kappa shape index (κ3) is 5.54. The topological polar surface area (TPSA) is 75.7 Å². The van der Waals surface area contributed by atoms with Gasteiger partial charge in [-0.15, -0.1) is 0 Å². The Kier molecular flexibility index (Phi) is 7.07. The Hall–Kier alpha value is -2.19. The highest BCUT2D eigenvalue weighted by Crippen LogP contribution is 2.35. The van der Waals surface area contributed by atoms with Crippen LogP contribution in [-0.4, -0.2) is 44.5 Å². The predicted octanol–water partition coefficient (Wildman–Crippen LogP) is 3.58. The average Bonchev–Trinajstić information content (AvgIpc) is 3.30.